The Morgan fingerprint density at radius 3 is 1.10 bits per heavy atom. The van der Waals surface area contributed by atoms with Crippen molar-refractivity contribution < 1.29 is 44.2 Å². The van der Waals surface area contributed by atoms with Crippen molar-refractivity contribution in [1.82, 2.24) is 0 Å². The van der Waals surface area contributed by atoms with Gasteiger partial charge in [0.1, 0.15) is 0 Å². The zero-order valence-corrected chi connectivity index (χ0v) is 10.8. The number of quaternary nitrogens is 2. The van der Waals surface area contributed by atoms with Crippen molar-refractivity contribution in [2.75, 3.05) is 34.7 Å². The van der Waals surface area contributed by atoms with Gasteiger partial charge in [0.25, 0.3) is 0 Å². The summed E-state index contributed by atoms with van der Waals surface area (Å²) in [4.78, 5) is 0. The number of hydrogen-bond acceptors (Lipinski definition) is 0. The van der Waals surface area contributed by atoms with Crippen LogP contribution >= 0.6 is 0 Å². The molecule has 0 saturated heterocycles. The second kappa shape index (κ2) is 12.5. The van der Waals surface area contributed by atoms with Gasteiger partial charge in [0.2, 0.25) is 0 Å². The van der Waals surface area contributed by atoms with Gasteiger partial charge in [-0.3, -0.25) is 0 Å². The summed E-state index contributed by atoms with van der Waals surface area (Å²) in [5, 5.41) is 0. The van der Waals surface area contributed by atoms with Crippen molar-refractivity contribution in [3.8, 4) is 0 Å². The van der Waals surface area contributed by atoms with E-state index in [0.29, 0.717) is 0 Å². The molecule has 0 saturated carbocycles. The van der Waals surface area contributed by atoms with Crippen LogP contribution in [0.3, 0.4) is 0 Å². The third-order valence-electron chi connectivity index (χ3n) is 0.949. The molecule has 4 heteroatoms. The van der Waals surface area contributed by atoms with Crippen molar-refractivity contribution in [2.45, 2.75) is 6.92 Å². The Hall–Kier alpha value is 0.880. The van der Waals surface area contributed by atoms with E-state index >= 15 is 0 Å². The Morgan fingerprint density at radius 1 is 1.00 bits per heavy atom. The highest BCUT2D eigenvalue weighted by molar-refractivity contribution is 4.06. The van der Waals surface area contributed by atoms with Crippen LogP contribution in [0.5, 0.6) is 0 Å². The Kier molecular flexibility index (Phi) is 28.2. The minimum Gasteiger partial charge on any atom is -1.00 e. The van der Waals surface area contributed by atoms with Gasteiger partial charge in [-0.05, 0) is 6.92 Å². The maximum atomic E-state index is 3.25. The molecule has 0 aromatic carbocycles. The van der Waals surface area contributed by atoms with Crippen molar-refractivity contribution in [3.63, 3.8) is 0 Å². The van der Waals surface area contributed by atoms with E-state index in [9.17, 15) is 0 Å². The summed E-state index contributed by atoms with van der Waals surface area (Å²) in [5.74, 6) is 0. The molecule has 0 aliphatic rings. The molecule has 0 bridgehead atoms. The summed E-state index contributed by atoms with van der Waals surface area (Å²) < 4.78 is 1.07. The van der Waals surface area contributed by atoms with Crippen molar-refractivity contribution in [2.24, 2.45) is 0 Å². The fourth-order valence-corrected chi connectivity index (χ4v) is 0. The minimum atomic E-state index is 0. The van der Waals surface area contributed by atoms with Crippen molar-refractivity contribution >= 4 is 0 Å². The summed E-state index contributed by atoms with van der Waals surface area (Å²) in [5.41, 5.74) is 3.25. The topological polar surface area (TPSA) is 27.6 Å². The lowest BCUT2D eigenvalue weighted by Crippen LogP contribution is -3.00. The predicted molar refractivity (Wildman–Crippen MR) is 37.4 cm³/mol. The fraction of sp³-hybridized carbons (Fsp3) is 1.00. The molecule has 0 heterocycles. The standard InChI is InChI=1S/C5H14N.CH5N.2BrH/c1-5-6(2,3)4;1-2;;/h5H2,1-4H3;2H2,1H3;2*1H/q+1;;;/p-1. The lowest BCUT2D eigenvalue weighted by molar-refractivity contribution is -0.868. The van der Waals surface area contributed by atoms with Gasteiger partial charge in [0.15, 0.2) is 0 Å². The first-order valence-electron chi connectivity index (χ1n) is 3.07. The van der Waals surface area contributed by atoms with Gasteiger partial charge in [-0.1, -0.05) is 0 Å². The Labute approximate surface area is 85.9 Å². The summed E-state index contributed by atoms with van der Waals surface area (Å²) >= 11 is 0. The minimum absolute atomic E-state index is 0. The lowest BCUT2D eigenvalue weighted by Gasteiger charge is -2.20. The first kappa shape index (κ1) is 22.4. The first-order chi connectivity index (χ1) is 3.56. The number of rotatable bonds is 1. The second-order valence-electron chi connectivity index (χ2n) is 2.61. The molecule has 0 unspecified atom stereocenters. The Balaban J connectivity index is -0.0000000412. The van der Waals surface area contributed by atoms with Crippen LogP contribution in [0.4, 0.5) is 0 Å². The molecule has 10 heavy (non-hydrogen) atoms. The predicted octanol–water partition coefficient (Wildman–Crippen LogP) is -6.42. The van der Waals surface area contributed by atoms with E-state index in [0.717, 1.165) is 4.48 Å². The van der Waals surface area contributed by atoms with Gasteiger partial charge in [-0.15, -0.1) is 0 Å². The van der Waals surface area contributed by atoms with Crippen LogP contribution in [-0.2, 0) is 0 Å². The normalized spacial score (nSPS) is 7.80. The summed E-state index contributed by atoms with van der Waals surface area (Å²) in [6.45, 7) is 3.39. The van der Waals surface area contributed by atoms with Crippen LogP contribution in [0.2, 0.25) is 0 Å². The number of nitrogens with zero attached hydrogens (tertiary/aromatic N) is 1. The molecule has 0 aromatic rings. The molecule has 0 amide bonds. The quantitative estimate of drug-likeness (QED) is 0.463. The highest BCUT2D eigenvalue weighted by atomic mass is 79.9. The monoisotopic (exact) mass is 278 g/mol. The van der Waals surface area contributed by atoms with Gasteiger partial charge < -0.3 is 44.2 Å². The smallest absolute Gasteiger partial charge is 0.0751 e. The van der Waals surface area contributed by atoms with Gasteiger partial charge in [0, 0.05) is 0 Å². The van der Waals surface area contributed by atoms with Crippen LogP contribution in [0.15, 0.2) is 0 Å². The van der Waals surface area contributed by atoms with Gasteiger partial charge in [-0.2, -0.15) is 0 Å². The molecule has 0 radical (unpaired) electrons. The largest absolute Gasteiger partial charge is 1.00 e. The average molecular weight is 280 g/mol. The SMILES string of the molecule is CC[N+](C)(C)C.C[NH3+].[Br-].[Br-]. The van der Waals surface area contributed by atoms with E-state index in [1.54, 1.807) is 7.05 Å². The molecular formula is C6H20Br2N2. The molecule has 0 rings (SSSR count). The van der Waals surface area contributed by atoms with E-state index in [1.807, 2.05) is 0 Å². The van der Waals surface area contributed by atoms with Crippen molar-refractivity contribution in [3.05, 3.63) is 0 Å². The average Bonchev–Trinajstić information content (AvgIpc) is 1.71. The van der Waals surface area contributed by atoms with E-state index < -0.39 is 0 Å². The maximum absolute atomic E-state index is 3.25. The van der Waals surface area contributed by atoms with Gasteiger partial charge in [0.05, 0.1) is 34.7 Å². The fourth-order valence-electron chi connectivity index (χ4n) is 0. The molecular weight excluding hydrogens is 260 g/mol. The van der Waals surface area contributed by atoms with Crippen LogP contribution < -0.4 is 39.7 Å². The summed E-state index contributed by atoms with van der Waals surface area (Å²) in [6.07, 6.45) is 0. The van der Waals surface area contributed by atoms with Crippen LogP contribution in [0.25, 0.3) is 0 Å². The summed E-state index contributed by atoms with van der Waals surface area (Å²) in [7, 11) is 8.29. The Bertz CT molecular complexity index is 43.5. The molecule has 0 aromatic heterocycles. The van der Waals surface area contributed by atoms with Crippen LogP contribution in [0.1, 0.15) is 6.92 Å². The maximum Gasteiger partial charge on any atom is 0.0751 e. The molecule has 0 spiro atoms. The van der Waals surface area contributed by atoms with E-state index in [1.165, 1.54) is 6.54 Å². The third kappa shape index (κ3) is 36.6. The molecule has 0 aliphatic heterocycles. The molecule has 3 N–H and O–H groups in total. The van der Waals surface area contributed by atoms with Crippen molar-refractivity contribution in [1.29, 1.82) is 0 Å². The lowest BCUT2D eigenvalue weighted by atomic mass is 10.6. The van der Waals surface area contributed by atoms with E-state index in [4.69, 9.17) is 0 Å². The Morgan fingerprint density at radius 2 is 1.10 bits per heavy atom. The highest BCUT2D eigenvalue weighted by Gasteiger charge is 1.97. The highest BCUT2D eigenvalue weighted by Crippen LogP contribution is 1.83. The summed E-state index contributed by atoms with van der Waals surface area (Å²) in [6, 6.07) is 0. The molecule has 0 fully saturated rings. The van der Waals surface area contributed by atoms with Crippen LogP contribution in [0, 0.1) is 0 Å². The third-order valence-corrected chi connectivity index (χ3v) is 0.949. The molecule has 2 nitrogen and oxygen atoms in total. The molecule has 0 atom stereocenters. The molecule has 0 aliphatic carbocycles. The number of hydrogen-bond donors (Lipinski definition) is 1. The first-order valence-corrected chi connectivity index (χ1v) is 3.07. The zero-order chi connectivity index (χ0) is 7.21. The van der Waals surface area contributed by atoms with Gasteiger partial charge >= 0.3 is 0 Å². The van der Waals surface area contributed by atoms with Gasteiger partial charge in [-0.25, -0.2) is 0 Å². The molecule has 68 valence electrons. The van der Waals surface area contributed by atoms with E-state index in [-0.39, 0.29) is 34.0 Å². The zero-order valence-electron chi connectivity index (χ0n) is 7.62. The second-order valence-corrected chi connectivity index (χ2v) is 2.61. The van der Waals surface area contributed by atoms with Crippen LogP contribution in [-0.4, -0.2) is 39.2 Å². The number of halogens is 2. The van der Waals surface area contributed by atoms with E-state index in [2.05, 4.69) is 33.8 Å².